The summed E-state index contributed by atoms with van der Waals surface area (Å²) in [5.41, 5.74) is 3.66. The number of anilines is 2. The number of morpholine rings is 1. The lowest BCUT2D eigenvalue weighted by Crippen LogP contribution is -2.44. The molecular formula is C24H28N6O2. The molecule has 0 amide bonds. The zero-order chi connectivity index (χ0) is 22.2. The van der Waals surface area contributed by atoms with Crippen molar-refractivity contribution >= 4 is 23.0 Å². The average Bonchev–Trinajstić information content (AvgIpc) is 3.24. The molecule has 1 aromatic heterocycles. The molecule has 8 heteroatoms. The molecule has 8 nitrogen and oxygen atoms in total. The number of aromatic nitrogens is 1. The van der Waals surface area contributed by atoms with Crippen LogP contribution in [0, 0.1) is 5.41 Å². The molecule has 32 heavy (non-hydrogen) atoms. The zero-order valence-corrected chi connectivity index (χ0v) is 18.5. The van der Waals surface area contributed by atoms with Crippen molar-refractivity contribution in [1.29, 1.82) is 5.41 Å². The topological polar surface area (TPSA) is 76.0 Å². The minimum Gasteiger partial charge on any atom is -0.379 e. The van der Waals surface area contributed by atoms with Gasteiger partial charge in [-0.1, -0.05) is 18.2 Å². The van der Waals surface area contributed by atoms with E-state index in [1.165, 1.54) is 0 Å². The highest BCUT2D eigenvalue weighted by atomic mass is 16.5. The van der Waals surface area contributed by atoms with Gasteiger partial charge in [-0.15, -0.1) is 0 Å². The summed E-state index contributed by atoms with van der Waals surface area (Å²) in [5, 5.41) is 8.95. The van der Waals surface area contributed by atoms with Crippen LogP contribution in [0.5, 0.6) is 0 Å². The largest absolute Gasteiger partial charge is 0.379 e. The lowest BCUT2D eigenvalue weighted by molar-refractivity contribution is -0.114. The van der Waals surface area contributed by atoms with Crippen LogP contribution in [0.15, 0.2) is 60.2 Å². The number of ether oxygens (including phenoxy) is 1. The van der Waals surface area contributed by atoms with E-state index in [-0.39, 0.29) is 18.4 Å². The molecule has 1 N–H and O–H groups in total. The van der Waals surface area contributed by atoms with E-state index in [4.69, 9.17) is 10.1 Å². The highest BCUT2D eigenvalue weighted by molar-refractivity contribution is 6.27. The molecule has 0 saturated carbocycles. The molecule has 0 spiro atoms. The highest BCUT2D eigenvalue weighted by Gasteiger charge is 2.40. The summed E-state index contributed by atoms with van der Waals surface area (Å²) in [6.07, 6.45) is 3.66. The summed E-state index contributed by atoms with van der Waals surface area (Å²) in [4.78, 5) is 25.8. The lowest BCUT2D eigenvalue weighted by atomic mass is 10.1. The second kappa shape index (κ2) is 8.37. The molecule has 1 unspecified atom stereocenters. The summed E-state index contributed by atoms with van der Waals surface area (Å²) in [6, 6.07) is 12.1. The molecule has 2 saturated heterocycles. The smallest absolute Gasteiger partial charge is 0.189 e. The number of hydrogen-bond acceptors (Lipinski definition) is 7. The van der Waals surface area contributed by atoms with E-state index in [1.807, 2.05) is 65.3 Å². The Morgan fingerprint density at radius 2 is 1.75 bits per heavy atom. The normalized spacial score (nSPS) is 20.4. The van der Waals surface area contributed by atoms with Crippen molar-refractivity contribution in [3.05, 3.63) is 65.7 Å². The third-order valence-electron chi connectivity index (χ3n) is 6.58. The van der Waals surface area contributed by atoms with Gasteiger partial charge in [0.2, 0.25) is 0 Å². The van der Waals surface area contributed by atoms with Gasteiger partial charge < -0.3 is 19.4 Å². The molecule has 166 valence electrons. The number of amidine groups is 1. The molecule has 5 rings (SSSR count). The van der Waals surface area contributed by atoms with E-state index in [1.54, 1.807) is 6.20 Å². The molecule has 0 radical (unpaired) electrons. The number of Topliss-reactive ketones (excluding diaryl/α,β-unsaturated/α-hetero) is 1. The maximum absolute atomic E-state index is 13.2. The number of nitrogens with one attached hydrogen (secondary N) is 1. The minimum absolute atomic E-state index is 0.0107. The molecule has 4 heterocycles. The molecule has 1 atom stereocenters. The number of benzene rings is 1. The van der Waals surface area contributed by atoms with Gasteiger partial charge in [0.1, 0.15) is 17.2 Å². The average molecular weight is 433 g/mol. The van der Waals surface area contributed by atoms with Gasteiger partial charge in [-0.2, -0.15) is 0 Å². The molecule has 1 aromatic carbocycles. The number of carbonyl (C=O) groups excluding carboxylic acids is 1. The molecular weight excluding hydrogens is 404 g/mol. The molecule has 2 aromatic rings. The van der Waals surface area contributed by atoms with Gasteiger partial charge in [-0.3, -0.25) is 20.1 Å². The molecule has 2 fully saturated rings. The van der Waals surface area contributed by atoms with Crippen LogP contribution in [0.4, 0.5) is 11.4 Å². The Bertz CT molecular complexity index is 1030. The van der Waals surface area contributed by atoms with Crippen molar-refractivity contribution in [1.82, 2.24) is 14.8 Å². The first kappa shape index (κ1) is 20.7. The van der Waals surface area contributed by atoms with Gasteiger partial charge in [0.25, 0.3) is 0 Å². The van der Waals surface area contributed by atoms with Crippen molar-refractivity contribution in [2.45, 2.75) is 6.04 Å². The van der Waals surface area contributed by atoms with E-state index in [0.717, 1.165) is 35.8 Å². The van der Waals surface area contributed by atoms with Gasteiger partial charge in [0, 0.05) is 46.1 Å². The van der Waals surface area contributed by atoms with Crippen LogP contribution in [0.3, 0.4) is 0 Å². The lowest BCUT2D eigenvalue weighted by Gasteiger charge is -2.37. The van der Waals surface area contributed by atoms with Gasteiger partial charge in [-0.25, -0.2) is 0 Å². The standard InChI is InChI=1S/C24H28N6O2/c1-27-18-7-3-4-8-19(18)28(2)24(27)22-21(31)16-30(23(22)25)15-20(17-6-5-9-26-14-17)29-10-12-32-13-11-29/h3-9,14,20,25H,10-13,15-16H2,1-2H3. The van der Waals surface area contributed by atoms with Crippen LogP contribution in [0.1, 0.15) is 11.6 Å². The van der Waals surface area contributed by atoms with Crippen LogP contribution in [-0.4, -0.2) is 79.9 Å². The van der Waals surface area contributed by atoms with Crippen molar-refractivity contribution in [3.8, 4) is 0 Å². The summed E-state index contributed by atoms with van der Waals surface area (Å²) in [7, 11) is 3.92. The number of pyridine rings is 1. The first-order valence-corrected chi connectivity index (χ1v) is 11.0. The zero-order valence-electron chi connectivity index (χ0n) is 18.5. The minimum atomic E-state index is -0.0107. The quantitative estimate of drug-likeness (QED) is 0.742. The Labute approximate surface area is 188 Å². The van der Waals surface area contributed by atoms with Gasteiger partial charge in [0.15, 0.2) is 5.78 Å². The summed E-state index contributed by atoms with van der Waals surface area (Å²) in [5.74, 6) is 1.05. The molecule has 3 aliphatic rings. The number of rotatable bonds is 4. The summed E-state index contributed by atoms with van der Waals surface area (Å²) >= 11 is 0. The summed E-state index contributed by atoms with van der Waals surface area (Å²) in [6.45, 7) is 3.81. The van der Waals surface area contributed by atoms with Crippen molar-refractivity contribution in [2.24, 2.45) is 0 Å². The fourth-order valence-electron chi connectivity index (χ4n) is 4.93. The Morgan fingerprint density at radius 3 is 2.38 bits per heavy atom. The second-order valence-corrected chi connectivity index (χ2v) is 8.41. The van der Waals surface area contributed by atoms with Crippen molar-refractivity contribution in [3.63, 3.8) is 0 Å². The predicted molar refractivity (Wildman–Crippen MR) is 124 cm³/mol. The Morgan fingerprint density at radius 1 is 1.06 bits per heavy atom. The molecule has 3 aliphatic heterocycles. The third-order valence-corrected chi connectivity index (χ3v) is 6.58. The van der Waals surface area contributed by atoms with Crippen LogP contribution in [0.25, 0.3) is 0 Å². The number of hydrogen-bond donors (Lipinski definition) is 1. The van der Waals surface area contributed by atoms with E-state index in [2.05, 4.69) is 16.0 Å². The van der Waals surface area contributed by atoms with Crippen LogP contribution in [-0.2, 0) is 9.53 Å². The third kappa shape index (κ3) is 3.45. The predicted octanol–water partition coefficient (Wildman–Crippen LogP) is 2.11. The van der Waals surface area contributed by atoms with Gasteiger partial charge >= 0.3 is 0 Å². The SMILES string of the molecule is CN1C(=C2C(=N)N(CC(c3cccnc3)N3CCOCC3)CC2=O)N(C)c2ccccc21. The molecule has 0 aliphatic carbocycles. The van der Waals surface area contributed by atoms with Gasteiger partial charge in [-0.05, 0) is 23.8 Å². The first-order valence-electron chi connectivity index (χ1n) is 11.0. The molecule has 0 bridgehead atoms. The van der Waals surface area contributed by atoms with Crippen LogP contribution < -0.4 is 9.80 Å². The maximum Gasteiger partial charge on any atom is 0.189 e. The van der Waals surface area contributed by atoms with E-state index < -0.39 is 0 Å². The number of fused-ring (bicyclic) bond motifs is 1. The van der Waals surface area contributed by atoms with E-state index in [9.17, 15) is 4.79 Å². The monoisotopic (exact) mass is 432 g/mol. The van der Waals surface area contributed by atoms with E-state index >= 15 is 0 Å². The number of likely N-dealkylation sites (tertiary alicyclic amines) is 1. The Hall–Kier alpha value is -3.23. The number of carbonyl (C=O) groups is 1. The first-order chi connectivity index (χ1) is 15.6. The number of nitrogens with zero attached hydrogens (tertiary/aromatic N) is 5. The van der Waals surface area contributed by atoms with Crippen LogP contribution >= 0.6 is 0 Å². The maximum atomic E-state index is 13.2. The Balaban J connectivity index is 1.45. The van der Waals surface area contributed by atoms with Crippen molar-refractivity contribution in [2.75, 3.05) is 63.3 Å². The second-order valence-electron chi connectivity index (χ2n) is 8.41. The Kier molecular flexibility index (Phi) is 5.40. The number of ketones is 1. The number of para-hydroxylation sites is 2. The summed E-state index contributed by atoms with van der Waals surface area (Å²) < 4.78 is 5.55. The van der Waals surface area contributed by atoms with Crippen molar-refractivity contribution < 1.29 is 9.53 Å². The van der Waals surface area contributed by atoms with Gasteiger partial charge in [0.05, 0.1) is 37.2 Å². The fourth-order valence-corrected chi connectivity index (χ4v) is 4.93. The highest BCUT2D eigenvalue weighted by Crippen LogP contribution is 2.41. The van der Waals surface area contributed by atoms with E-state index in [0.29, 0.717) is 31.2 Å². The fraction of sp³-hybridized carbons (Fsp3) is 0.375. The van der Waals surface area contributed by atoms with Crippen LogP contribution in [0.2, 0.25) is 0 Å².